The first-order valence-corrected chi connectivity index (χ1v) is 7.90. The van der Waals surface area contributed by atoms with Crippen molar-refractivity contribution in [2.75, 3.05) is 26.6 Å². The number of carbonyl (C=O) groups is 2. The molecule has 138 valence electrons. The molecule has 0 radical (unpaired) electrons. The minimum atomic E-state index is -0.866. The van der Waals surface area contributed by atoms with Crippen LogP contribution in [0, 0.1) is 0 Å². The molecule has 2 aromatic carbocycles. The van der Waals surface area contributed by atoms with Gasteiger partial charge in [-0.05, 0) is 24.1 Å². The Morgan fingerprint density at radius 2 is 1.62 bits per heavy atom. The third-order valence-corrected chi connectivity index (χ3v) is 3.76. The summed E-state index contributed by atoms with van der Waals surface area (Å²) in [5, 5.41) is 11.6. The van der Waals surface area contributed by atoms with Gasteiger partial charge in [-0.2, -0.15) is 0 Å². The van der Waals surface area contributed by atoms with Crippen molar-refractivity contribution in [1.29, 1.82) is 0 Å². The van der Waals surface area contributed by atoms with Gasteiger partial charge in [0, 0.05) is 24.2 Å². The van der Waals surface area contributed by atoms with Crippen LogP contribution in [0.1, 0.15) is 22.3 Å². The van der Waals surface area contributed by atoms with Crippen molar-refractivity contribution < 1.29 is 28.9 Å². The molecule has 2 aromatic rings. The first kappa shape index (κ1) is 19.1. The summed E-state index contributed by atoms with van der Waals surface area (Å²) in [5.74, 6) is -0.0277. The Morgan fingerprint density at radius 3 is 2.23 bits per heavy atom. The van der Waals surface area contributed by atoms with Gasteiger partial charge in [0.1, 0.15) is 5.75 Å². The number of hydrogen-bond donors (Lipinski definition) is 2. The van der Waals surface area contributed by atoms with E-state index in [2.05, 4.69) is 5.32 Å². The van der Waals surface area contributed by atoms with E-state index >= 15 is 0 Å². The number of carboxylic acids is 1. The maximum absolute atomic E-state index is 12.7. The number of ether oxygens (including phenoxy) is 3. The highest BCUT2D eigenvalue weighted by Gasteiger charge is 2.18. The lowest BCUT2D eigenvalue weighted by molar-refractivity contribution is -0.136. The van der Waals surface area contributed by atoms with Crippen LogP contribution >= 0.6 is 0 Å². The number of anilines is 1. The third-order valence-electron chi connectivity index (χ3n) is 3.76. The standard InChI is InChI=1S/C19H21NO6/c1-24-15-11-17(26-3)16(25-2)10-14(15)19(23)20-13-6-4-5-12(9-13)7-8-18(21)22/h4-6,9-11H,7-8H2,1-3H3,(H,20,23)(H,21,22). The molecular formula is C19H21NO6. The van der Waals surface area contributed by atoms with Crippen LogP contribution in [0.15, 0.2) is 36.4 Å². The molecule has 7 nitrogen and oxygen atoms in total. The summed E-state index contributed by atoms with van der Waals surface area (Å²) >= 11 is 0. The smallest absolute Gasteiger partial charge is 0.303 e. The van der Waals surface area contributed by atoms with Gasteiger partial charge in [-0.15, -0.1) is 0 Å². The SMILES string of the molecule is COc1cc(OC)c(C(=O)Nc2cccc(CCC(=O)O)c2)cc1OC. The molecule has 0 saturated carbocycles. The van der Waals surface area contributed by atoms with E-state index < -0.39 is 5.97 Å². The number of hydrogen-bond acceptors (Lipinski definition) is 5. The fourth-order valence-corrected chi connectivity index (χ4v) is 2.46. The predicted molar refractivity (Wildman–Crippen MR) is 96.5 cm³/mol. The molecule has 7 heteroatoms. The van der Waals surface area contributed by atoms with Crippen LogP contribution in [-0.4, -0.2) is 38.3 Å². The third kappa shape index (κ3) is 4.66. The zero-order chi connectivity index (χ0) is 19.1. The van der Waals surface area contributed by atoms with Gasteiger partial charge >= 0.3 is 5.97 Å². The fraction of sp³-hybridized carbons (Fsp3) is 0.263. The van der Waals surface area contributed by atoms with Gasteiger partial charge in [0.05, 0.1) is 26.9 Å². The highest BCUT2D eigenvalue weighted by Crippen LogP contribution is 2.35. The quantitative estimate of drug-likeness (QED) is 0.752. The van der Waals surface area contributed by atoms with E-state index in [0.29, 0.717) is 34.9 Å². The summed E-state index contributed by atoms with van der Waals surface area (Å²) in [6.07, 6.45) is 0.416. The van der Waals surface area contributed by atoms with Crippen LogP contribution in [-0.2, 0) is 11.2 Å². The molecule has 0 bridgehead atoms. The van der Waals surface area contributed by atoms with Crippen LogP contribution in [0.25, 0.3) is 0 Å². The van der Waals surface area contributed by atoms with Crippen LogP contribution in [0.3, 0.4) is 0 Å². The average Bonchev–Trinajstić information content (AvgIpc) is 2.65. The summed E-state index contributed by atoms with van der Waals surface area (Å²) in [5.41, 5.74) is 1.68. The van der Waals surface area contributed by atoms with E-state index in [1.165, 1.54) is 21.3 Å². The summed E-state index contributed by atoms with van der Waals surface area (Å²) in [6.45, 7) is 0. The lowest BCUT2D eigenvalue weighted by atomic mass is 10.1. The van der Waals surface area contributed by atoms with E-state index in [4.69, 9.17) is 19.3 Å². The molecule has 2 N–H and O–H groups in total. The largest absolute Gasteiger partial charge is 0.496 e. The van der Waals surface area contributed by atoms with Crippen LogP contribution in [0.5, 0.6) is 17.2 Å². The average molecular weight is 359 g/mol. The van der Waals surface area contributed by atoms with Crippen molar-refractivity contribution in [3.8, 4) is 17.2 Å². The highest BCUT2D eigenvalue weighted by molar-refractivity contribution is 6.06. The lowest BCUT2D eigenvalue weighted by Crippen LogP contribution is -2.14. The molecule has 1 amide bonds. The Bertz CT molecular complexity index is 803. The van der Waals surface area contributed by atoms with Crippen molar-refractivity contribution in [2.45, 2.75) is 12.8 Å². The monoisotopic (exact) mass is 359 g/mol. The molecule has 0 aliphatic carbocycles. The number of carbonyl (C=O) groups excluding carboxylic acids is 1. The van der Waals surface area contributed by atoms with Crippen molar-refractivity contribution in [1.82, 2.24) is 0 Å². The maximum Gasteiger partial charge on any atom is 0.303 e. The zero-order valence-electron chi connectivity index (χ0n) is 14.9. The van der Waals surface area contributed by atoms with E-state index in [-0.39, 0.29) is 12.3 Å². The molecule has 0 fully saturated rings. The molecule has 0 aromatic heterocycles. The van der Waals surface area contributed by atoms with Crippen molar-refractivity contribution >= 4 is 17.6 Å². The maximum atomic E-state index is 12.7. The van der Waals surface area contributed by atoms with Gasteiger partial charge in [0.25, 0.3) is 5.91 Å². The van der Waals surface area contributed by atoms with E-state index in [9.17, 15) is 9.59 Å². The molecule has 26 heavy (non-hydrogen) atoms. The van der Waals surface area contributed by atoms with E-state index in [0.717, 1.165) is 5.56 Å². The minimum absolute atomic E-state index is 0.0287. The molecule has 0 atom stereocenters. The van der Waals surface area contributed by atoms with Crippen molar-refractivity contribution in [2.24, 2.45) is 0 Å². The number of aryl methyl sites for hydroxylation is 1. The molecular weight excluding hydrogens is 338 g/mol. The molecule has 0 saturated heterocycles. The van der Waals surface area contributed by atoms with Gasteiger partial charge < -0.3 is 24.6 Å². The van der Waals surface area contributed by atoms with E-state index in [1.807, 2.05) is 6.07 Å². The zero-order valence-corrected chi connectivity index (χ0v) is 14.9. The van der Waals surface area contributed by atoms with Gasteiger partial charge in [-0.25, -0.2) is 0 Å². The number of aliphatic carboxylic acids is 1. The lowest BCUT2D eigenvalue weighted by Gasteiger charge is -2.14. The summed E-state index contributed by atoms with van der Waals surface area (Å²) in [4.78, 5) is 23.4. The Kier molecular flexibility index (Phi) is 6.43. The van der Waals surface area contributed by atoms with Crippen LogP contribution < -0.4 is 19.5 Å². The first-order chi connectivity index (χ1) is 12.5. The molecule has 0 aliphatic heterocycles. The molecule has 2 rings (SSSR count). The van der Waals surface area contributed by atoms with Gasteiger partial charge in [0.2, 0.25) is 0 Å². The second-order valence-electron chi connectivity index (χ2n) is 5.46. The topological polar surface area (TPSA) is 94.1 Å². The summed E-state index contributed by atoms with van der Waals surface area (Å²) < 4.78 is 15.7. The van der Waals surface area contributed by atoms with Gasteiger partial charge in [0.15, 0.2) is 11.5 Å². The Labute approximate surface area is 151 Å². The number of rotatable bonds is 8. The Balaban J connectivity index is 2.24. The molecule has 0 spiro atoms. The number of nitrogens with one attached hydrogen (secondary N) is 1. The highest BCUT2D eigenvalue weighted by atomic mass is 16.5. The predicted octanol–water partition coefficient (Wildman–Crippen LogP) is 2.98. The number of carboxylic acid groups (broad SMARTS) is 1. The first-order valence-electron chi connectivity index (χ1n) is 7.90. The fourth-order valence-electron chi connectivity index (χ4n) is 2.46. The molecule has 0 heterocycles. The summed E-state index contributed by atoms with van der Waals surface area (Å²) in [7, 11) is 4.45. The van der Waals surface area contributed by atoms with Gasteiger partial charge in [-0.1, -0.05) is 12.1 Å². The number of amides is 1. The molecule has 0 aliphatic rings. The second-order valence-corrected chi connectivity index (χ2v) is 5.46. The van der Waals surface area contributed by atoms with Crippen molar-refractivity contribution in [3.05, 3.63) is 47.5 Å². The van der Waals surface area contributed by atoms with Crippen molar-refractivity contribution in [3.63, 3.8) is 0 Å². The normalized spacial score (nSPS) is 10.1. The number of benzene rings is 2. The van der Waals surface area contributed by atoms with Crippen LogP contribution in [0.4, 0.5) is 5.69 Å². The second kappa shape index (κ2) is 8.75. The Morgan fingerprint density at radius 1 is 0.962 bits per heavy atom. The molecule has 0 unspecified atom stereocenters. The minimum Gasteiger partial charge on any atom is -0.496 e. The van der Waals surface area contributed by atoms with E-state index in [1.54, 1.807) is 30.3 Å². The van der Waals surface area contributed by atoms with Gasteiger partial charge in [-0.3, -0.25) is 9.59 Å². The Hall–Kier alpha value is -3.22. The number of methoxy groups -OCH3 is 3. The summed E-state index contributed by atoms with van der Waals surface area (Å²) in [6, 6.07) is 10.2. The van der Waals surface area contributed by atoms with Crippen LogP contribution in [0.2, 0.25) is 0 Å².